The van der Waals surface area contributed by atoms with E-state index in [4.69, 9.17) is 4.74 Å². The zero-order chi connectivity index (χ0) is 10.7. The van der Waals surface area contributed by atoms with Crippen molar-refractivity contribution in [3.05, 3.63) is 0 Å². The third-order valence-electron chi connectivity index (χ3n) is 1.92. The molecule has 1 heterocycles. The lowest BCUT2D eigenvalue weighted by Gasteiger charge is -2.10. The van der Waals surface area contributed by atoms with Gasteiger partial charge < -0.3 is 9.47 Å². The third-order valence-corrected chi connectivity index (χ3v) is 3.51. The number of hydrogen-bond acceptors (Lipinski definition) is 5. The van der Waals surface area contributed by atoms with Crippen LogP contribution in [0.15, 0.2) is 0 Å². The predicted molar refractivity (Wildman–Crippen MR) is 52.7 cm³/mol. The summed E-state index contributed by atoms with van der Waals surface area (Å²) in [7, 11) is 1.31. The second-order valence-corrected chi connectivity index (χ2v) is 4.76. The van der Waals surface area contributed by atoms with Gasteiger partial charge in [-0.2, -0.15) is 0 Å². The number of methoxy groups -OCH3 is 1. The molecule has 1 rings (SSSR count). The largest absolute Gasteiger partial charge is 0.469 e. The van der Waals surface area contributed by atoms with Crippen molar-refractivity contribution >= 4 is 23.7 Å². The van der Waals surface area contributed by atoms with Gasteiger partial charge in [0.05, 0.1) is 13.5 Å². The van der Waals surface area contributed by atoms with Crippen LogP contribution >= 0.6 is 11.8 Å². The maximum atomic E-state index is 11.3. The Morgan fingerprint density at radius 1 is 1.64 bits per heavy atom. The molecule has 4 nitrogen and oxygen atoms in total. The smallest absolute Gasteiger partial charge is 0.320 e. The first kappa shape index (κ1) is 11.4. The second kappa shape index (κ2) is 4.68. The molecule has 0 saturated carbocycles. The van der Waals surface area contributed by atoms with Crippen LogP contribution in [-0.2, 0) is 19.1 Å². The summed E-state index contributed by atoms with van der Waals surface area (Å²) in [5.41, 5.74) is -0.128. The van der Waals surface area contributed by atoms with Crippen molar-refractivity contribution in [3.63, 3.8) is 0 Å². The molecule has 0 aromatic rings. The number of rotatable bonds is 3. The standard InChI is InChI=1S/C9H14O4S/c1-5(2)9-13-8(11)6(14-9)4-7(10)12-3/h5-6,9H,4H2,1-3H3/t6-,9?/m0/s1. The van der Waals surface area contributed by atoms with E-state index >= 15 is 0 Å². The minimum absolute atomic E-state index is 0.100. The van der Waals surface area contributed by atoms with Crippen molar-refractivity contribution in [1.29, 1.82) is 0 Å². The third kappa shape index (κ3) is 2.64. The SMILES string of the molecule is COC(=O)C[C@@H]1SC(C(C)C)OC1=O. The normalized spacial score (nSPS) is 26.4. The van der Waals surface area contributed by atoms with E-state index in [1.165, 1.54) is 18.9 Å². The lowest BCUT2D eigenvalue weighted by molar-refractivity contribution is -0.148. The van der Waals surface area contributed by atoms with E-state index in [0.717, 1.165) is 0 Å². The van der Waals surface area contributed by atoms with E-state index in [1.807, 2.05) is 13.8 Å². The molecule has 0 radical (unpaired) electrons. The Morgan fingerprint density at radius 3 is 2.71 bits per heavy atom. The molecule has 1 unspecified atom stereocenters. The Hall–Kier alpha value is -0.710. The maximum Gasteiger partial charge on any atom is 0.320 e. The van der Waals surface area contributed by atoms with Crippen LogP contribution in [-0.4, -0.2) is 29.7 Å². The lowest BCUT2D eigenvalue weighted by atomic mass is 10.2. The first-order valence-corrected chi connectivity index (χ1v) is 5.41. The van der Waals surface area contributed by atoms with Gasteiger partial charge in [0.1, 0.15) is 5.25 Å². The van der Waals surface area contributed by atoms with Crippen molar-refractivity contribution in [3.8, 4) is 0 Å². The number of carbonyl (C=O) groups excluding carboxylic acids is 2. The van der Waals surface area contributed by atoms with Crippen molar-refractivity contribution < 1.29 is 19.1 Å². The van der Waals surface area contributed by atoms with Crippen molar-refractivity contribution in [2.45, 2.75) is 31.0 Å². The molecule has 2 atom stereocenters. The molecule has 80 valence electrons. The molecule has 0 spiro atoms. The molecule has 0 aromatic heterocycles. The maximum absolute atomic E-state index is 11.3. The van der Waals surface area contributed by atoms with Crippen LogP contribution in [0.4, 0.5) is 0 Å². The zero-order valence-corrected chi connectivity index (χ0v) is 9.30. The number of hydrogen-bond donors (Lipinski definition) is 0. The lowest BCUT2D eigenvalue weighted by Crippen LogP contribution is -2.17. The Bertz CT molecular complexity index is 239. The molecular weight excluding hydrogens is 204 g/mol. The molecule has 1 saturated heterocycles. The van der Waals surface area contributed by atoms with E-state index < -0.39 is 5.25 Å². The van der Waals surface area contributed by atoms with Gasteiger partial charge >= 0.3 is 11.9 Å². The van der Waals surface area contributed by atoms with Gasteiger partial charge in [0, 0.05) is 0 Å². The summed E-state index contributed by atoms with van der Waals surface area (Å²) < 4.78 is 9.59. The van der Waals surface area contributed by atoms with Crippen LogP contribution in [0.2, 0.25) is 0 Å². The molecule has 0 amide bonds. The summed E-state index contributed by atoms with van der Waals surface area (Å²) in [5, 5.41) is -0.394. The van der Waals surface area contributed by atoms with Gasteiger partial charge in [0.2, 0.25) is 0 Å². The summed E-state index contributed by atoms with van der Waals surface area (Å²) >= 11 is 1.40. The van der Waals surface area contributed by atoms with Crippen LogP contribution in [0, 0.1) is 5.92 Å². The van der Waals surface area contributed by atoms with Gasteiger partial charge in [0.15, 0.2) is 5.44 Å². The fourth-order valence-electron chi connectivity index (χ4n) is 1.09. The highest BCUT2D eigenvalue weighted by Crippen LogP contribution is 2.34. The number of cyclic esters (lactones) is 1. The molecule has 14 heavy (non-hydrogen) atoms. The van der Waals surface area contributed by atoms with E-state index in [0.29, 0.717) is 0 Å². The summed E-state index contributed by atoms with van der Waals surface area (Å²) in [6.45, 7) is 3.96. The summed E-state index contributed by atoms with van der Waals surface area (Å²) in [4.78, 5) is 22.2. The fourth-order valence-corrected chi connectivity index (χ4v) is 2.28. The highest BCUT2D eigenvalue weighted by Gasteiger charge is 2.38. The molecule has 0 N–H and O–H groups in total. The number of thioether (sulfide) groups is 1. The van der Waals surface area contributed by atoms with Crippen LogP contribution < -0.4 is 0 Å². The Morgan fingerprint density at radius 2 is 2.29 bits per heavy atom. The minimum Gasteiger partial charge on any atom is -0.469 e. The van der Waals surface area contributed by atoms with Crippen molar-refractivity contribution in [2.24, 2.45) is 5.92 Å². The molecule has 1 fully saturated rings. The number of ether oxygens (including phenoxy) is 2. The molecule has 0 aromatic carbocycles. The van der Waals surface area contributed by atoms with Crippen LogP contribution in [0.3, 0.4) is 0 Å². The predicted octanol–water partition coefficient (Wildman–Crippen LogP) is 1.19. The first-order valence-electron chi connectivity index (χ1n) is 4.47. The van der Waals surface area contributed by atoms with E-state index in [-0.39, 0.29) is 29.7 Å². The fraction of sp³-hybridized carbons (Fsp3) is 0.778. The van der Waals surface area contributed by atoms with Crippen LogP contribution in [0.1, 0.15) is 20.3 Å². The number of esters is 2. The van der Waals surface area contributed by atoms with Gasteiger partial charge in [0.25, 0.3) is 0 Å². The van der Waals surface area contributed by atoms with Gasteiger partial charge in [-0.05, 0) is 5.92 Å². The monoisotopic (exact) mass is 218 g/mol. The Labute approximate surface area is 87.3 Å². The quantitative estimate of drug-likeness (QED) is 0.666. The molecule has 0 aliphatic carbocycles. The van der Waals surface area contributed by atoms with E-state index in [2.05, 4.69) is 4.74 Å². The highest BCUT2D eigenvalue weighted by molar-refractivity contribution is 8.01. The zero-order valence-electron chi connectivity index (χ0n) is 8.48. The first-order chi connectivity index (χ1) is 6.54. The Balaban J connectivity index is 2.49. The van der Waals surface area contributed by atoms with Gasteiger partial charge in [-0.25, -0.2) is 0 Å². The summed E-state index contributed by atoms with van der Waals surface area (Å²) in [6.07, 6.45) is 0.100. The van der Waals surface area contributed by atoms with Crippen molar-refractivity contribution in [2.75, 3.05) is 7.11 Å². The topological polar surface area (TPSA) is 52.6 Å². The molecule has 1 aliphatic heterocycles. The van der Waals surface area contributed by atoms with E-state index in [9.17, 15) is 9.59 Å². The average Bonchev–Trinajstić information content (AvgIpc) is 2.48. The molecular formula is C9H14O4S. The molecule has 1 aliphatic rings. The van der Waals surface area contributed by atoms with E-state index in [1.54, 1.807) is 0 Å². The van der Waals surface area contributed by atoms with Crippen LogP contribution in [0.5, 0.6) is 0 Å². The second-order valence-electron chi connectivity index (χ2n) is 3.45. The molecule has 0 bridgehead atoms. The number of carbonyl (C=O) groups is 2. The van der Waals surface area contributed by atoms with Crippen LogP contribution in [0.25, 0.3) is 0 Å². The summed E-state index contributed by atoms with van der Waals surface area (Å²) in [6, 6.07) is 0. The van der Waals surface area contributed by atoms with Gasteiger partial charge in [-0.15, -0.1) is 11.8 Å². The summed E-state index contributed by atoms with van der Waals surface area (Å²) in [5.74, 6) is -0.408. The van der Waals surface area contributed by atoms with Crippen molar-refractivity contribution in [1.82, 2.24) is 0 Å². The average molecular weight is 218 g/mol. The van der Waals surface area contributed by atoms with Gasteiger partial charge in [-0.1, -0.05) is 13.8 Å². The molecule has 5 heteroatoms. The minimum atomic E-state index is -0.394. The Kier molecular flexibility index (Phi) is 3.80. The highest BCUT2D eigenvalue weighted by atomic mass is 32.2. The van der Waals surface area contributed by atoms with Gasteiger partial charge in [-0.3, -0.25) is 9.59 Å².